The molecule has 0 aliphatic rings. The number of aryl methyl sites for hydroxylation is 1. The molecule has 0 radical (unpaired) electrons. The summed E-state index contributed by atoms with van der Waals surface area (Å²) in [5, 5.41) is 0. The molecule has 1 atom stereocenters. The van der Waals surface area contributed by atoms with Crippen molar-refractivity contribution in [1.82, 2.24) is 9.55 Å². The molecular weight excluding hydrogens is 404 g/mol. The van der Waals surface area contributed by atoms with Gasteiger partial charge in [-0.05, 0) is 47.7 Å². The number of imidazole rings is 1. The fraction of sp³-hybridized carbons (Fsp3) is 0.462. The number of hydrogen-bond acceptors (Lipinski definition) is 1. The molecule has 1 unspecified atom stereocenters. The van der Waals surface area contributed by atoms with E-state index in [1.165, 1.54) is 0 Å². The lowest BCUT2D eigenvalue weighted by Gasteiger charge is -2.19. The molecule has 1 heterocycles. The van der Waals surface area contributed by atoms with Crippen LogP contribution in [0.3, 0.4) is 0 Å². The monoisotopic (exact) mass is 416 g/mol. The average Bonchev–Trinajstić information content (AvgIpc) is 2.64. The van der Waals surface area contributed by atoms with Crippen molar-refractivity contribution in [2.75, 3.05) is 5.88 Å². The van der Waals surface area contributed by atoms with Crippen LogP contribution >= 0.6 is 34.2 Å². The first-order valence-electron chi connectivity index (χ1n) is 6.11. The zero-order valence-electron chi connectivity index (χ0n) is 10.7. The molecule has 2 rings (SSSR count). The van der Waals surface area contributed by atoms with Crippen molar-refractivity contribution < 1.29 is 13.2 Å². The topological polar surface area (TPSA) is 17.8 Å². The maximum absolute atomic E-state index is 12.6. The predicted octanol–water partition coefficient (Wildman–Crippen LogP) is 4.94. The van der Waals surface area contributed by atoms with Crippen LogP contribution in [0.5, 0.6) is 0 Å². The van der Waals surface area contributed by atoms with Crippen molar-refractivity contribution in [2.45, 2.75) is 32.0 Å². The highest BCUT2D eigenvalue weighted by Crippen LogP contribution is 2.31. The van der Waals surface area contributed by atoms with Gasteiger partial charge in [-0.25, -0.2) is 4.98 Å². The van der Waals surface area contributed by atoms with E-state index in [2.05, 4.69) is 27.6 Å². The van der Waals surface area contributed by atoms with Crippen molar-refractivity contribution in [2.24, 2.45) is 0 Å². The van der Waals surface area contributed by atoms with Crippen LogP contribution in [0.1, 0.15) is 25.2 Å². The lowest BCUT2D eigenvalue weighted by atomic mass is 10.2. The Morgan fingerprint density at radius 3 is 2.70 bits per heavy atom. The second-order valence-corrected chi connectivity index (χ2v) is 6.26. The van der Waals surface area contributed by atoms with Crippen molar-refractivity contribution >= 4 is 45.2 Å². The Balaban J connectivity index is 2.50. The molecule has 0 bridgehead atoms. The smallest absolute Gasteiger partial charge is 0.325 e. The fourth-order valence-electron chi connectivity index (χ4n) is 2.30. The van der Waals surface area contributed by atoms with Crippen LogP contribution < -0.4 is 0 Å². The van der Waals surface area contributed by atoms with E-state index in [4.69, 9.17) is 11.6 Å². The van der Waals surface area contributed by atoms with Crippen LogP contribution in [0.25, 0.3) is 11.0 Å². The van der Waals surface area contributed by atoms with Crippen LogP contribution in [0.4, 0.5) is 13.2 Å². The quantitative estimate of drug-likeness (QED) is 0.510. The Kier molecular flexibility index (Phi) is 4.84. The molecule has 0 amide bonds. The Bertz CT molecular complexity index is 609. The van der Waals surface area contributed by atoms with Gasteiger partial charge in [0.05, 0.1) is 17.5 Å². The average molecular weight is 417 g/mol. The molecular formula is C13H13ClF3IN2. The standard InChI is InChI=1S/C13H13ClF3IN2/c1-8(7-13(15,16)17)20-11-3-2-9(18)6-10(11)19-12(20)4-5-14/h2-3,6,8H,4-5,7H2,1H3. The van der Waals surface area contributed by atoms with Crippen molar-refractivity contribution in [3.05, 3.63) is 27.6 Å². The molecule has 0 saturated carbocycles. The summed E-state index contributed by atoms with van der Waals surface area (Å²) in [5.74, 6) is 0.938. The van der Waals surface area contributed by atoms with E-state index in [9.17, 15) is 13.2 Å². The number of benzene rings is 1. The highest BCUT2D eigenvalue weighted by atomic mass is 127. The zero-order chi connectivity index (χ0) is 14.9. The van der Waals surface area contributed by atoms with E-state index < -0.39 is 18.6 Å². The van der Waals surface area contributed by atoms with E-state index in [1.807, 2.05) is 18.2 Å². The molecule has 2 nitrogen and oxygen atoms in total. The third-order valence-corrected chi connectivity index (χ3v) is 3.87. The molecule has 2 aromatic rings. The van der Waals surface area contributed by atoms with Crippen LogP contribution in [0, 0.1) is 3.57 Å². The van der Waals surface area contributed by atoms with Gasteiger partial charge in [0.15, 0.2) is 0 Å². The second-order valence-electron chi connectivity index (χ2n) is 4.64. The largest absolute Gasteiger partial charge is 0.391 e. The summed E-state index contributed by atoms with van der Waals surface area (Å²) in [6.07, 6.45) is -4.62. The first kappa shape index (κ1) is 15.9. The lowest BCUT2D eigenvalue weighted by Crippen LogP contribution is -2.18. The minimum absolute atomic E-state index is 0.332. The van der Waals surface area contributed by atoms with Crippen LogP contribution in [-0.4, -0.2) is 21.6 Å². The molecule has 0 aliphatic carbocycles. The molecule has 1 aromatic heterocycles. The van der Waals surface area contributed by atoms with Crippen LogP contribution in [0.2, 0.25) is 0 Å². The molecule has 0 spiro atoms. The van der Waals surface area contributed by atoms with Gasteiger partial charge in [-0.1, -0.05) is 0 Å². The number of aromatic nitrogens is 2. The zero-order valence-corrected chi connectivity index (χ0v) is 13.6. The minimum Gasteiger partial charge on any atom is -0.325 e. The summed E-state index contributed by atoms with van der Waals surface area (Å²) < 4.78 is 40.5. The van der Waals surface area contributed by atoms with Gasteiger partial charge in [-0.15, -0.1) is 11.6 Å². The third kappa shape index (κ3) is 3.58. The summed E-state index contributed by atoms with van der Waals surface area (Å²) in [7, 11) is 0. The van der Waals surface area contributed by atoms with Crippen LogP contribution in [-0.2, 0) is 6.42 Å². The molecule has 110 valence electrons. The normalized spacial score (nSPS) is 13.9. The van der Waals surface area contributed by atoms with E-state index >= 15 is 0 Å². The number of halogens is 5. The molecule has 0 fully saturated rings. The number of hydrogen-bond donors (Lipinski definition) is 0. The van der Waals surface area contributed by atoms with Crippen molar-refractivity contribution in [3.63, 3.8) is 0 Å². The van der Waals surface area contributed by atoms with Gasteiger partial charge in [-0.3, -0.25) is 0 Å². The van der Waals surface area contributed by atoms with Gasteiger partial charge >= 0.3 is 6.18 Å². The van der Waals surface area contributed by atoms with Gasteiger partial charge in [0.1, 0.15) is 5.82 Å². The van der Waals surface area contributed by atoms with E-state index in [-0.39, 0.29) is 0 Å². The highest BCUT2D eigenvalue weighted by Gasteiger charge is 2.32. The maximum Gasteiger partial charge on any atom is 0.391 e. The first-order chi connectivity index (χ1) is 9.31. The Labute approximate surface area is 133 Å². The van der Waals surface area contributed by atoms with Gasteiger partial charge < -0.3 is 4.57 Å². The summed E-state index contributed by atoms with van der Waals surface area (Å²) in [5.41, 5.74) is 1.44. The highest BCUT2D eigenvalue weighted by molar-refractivity contribution is 14.1. The summed E-state index contributed by atoms with van der Waals surface area (Å²) in [6.45, 7) is 1.56. The Morgan fingerprint density at radius 2 is 2.10 bits per heavy atom. The molecule has 0 N–H and O–H groups in total. The van der Waals surface area contributed by atoms with Gasteiger partial charge in [-0.2, -0.15) is 13.2 Å². The van der Waals surface area contributed by atoms with Gasteiger partial charge in [0, 0.05) is 21.9 Å². The molecule has 20 heavy (non-hydrogen) atoms. The van der Waals surface area contributed by atoms with E-state index in [0.717, 1.165) is 9.09 Å². The number of rotatable bonds is 4. The second kappa shape index (κ2) is 6.09. The number of nitrogens with zero attached hydrogens (tertiary/aromatic N) is 2. The summed E-state index contributed by atoms with van der Waals surface area (Å²) >= 11 is 7.88. The van der Waals surface area contributed by atoms with Crippen molar-refractivity contribution in [3.8, 4) is 0 Å². The summed E-state index contributed by atoms with van der Waals surface area (Å²) in [4.78, 5) is 4.42. The molecule has 0 aliphatic heterocycles. The van der Waals surface area contributed by atoms with Crippen LogP contribution in [0.15, 0.2) is 18.2 Å². The number of fused-ring (bicyclic) bond motifs is 1. The van der Waals surface area contributed by atoms with E-state index in [0.29, 0.717) is 23.6 Å². The van der Waals surface area contributed by atoms with E-state index in [1.54, 1.807) is 11.5 Å². The Hall–Kier alpha value is -0.500. The predicted molar refractivity (Wildman–Crippen MR) is 82.3 cm³/mol. The number of alkyl halides is 4. The maximum atomic E-state index is 12.6. The molecule has 0 saturated heterocycles. The van der Waals surface area contributed by atoms with Gasteiger partial charge in [0.2, 0.25) is 0 Å². The minimum atomic E-state index is -4.20. The van der Waals surface area contributed by atoms with Crippen molar-refractivity contribution in [1.29, 1.82) is 0 Å². The SMILES string of the molecule is CC(CC(F)(F)F)n1c(CCCl)nc2cc(I)ccc21. The fourth-order valence-corrected chi connectivity index (χ4v) is 2.94. The summed E-state index contributed by atoms with van der Waals surface area (Å²) in [6, 6.07) is 4.85. The lowest BCUT2D eigenvalue weighted by molar-refractivity contribution is -0.141. The van der Waals surface area contributed by atoms with Gasteiger partial charge in [0.25, 0.3) is 0 Å². The first-order valence-corrected chi connectivity index (χ1v) is 7.72. The molecule has 7 heteroatoms. The third-order valence-electron chi connectivity index (χ3n) is 3.01. The molecule has 1 aromatic carbocycles. The Morgan fingerprint density at radius 1 is 1.40 bits per heavy atom.